The first kappa shape index (κ1) is 15.0. The van der Waals surface area contributed by atoms with Crippen LogP contribution in [0.2, 0.25) is 0 Å². The number of rotatable bonds is 5. The maximum absolute atomic E-state index is 12.3. The number of hydrogen-bond acceptors (Lipinski definition) is 4. The van der Waals surface area contributed by atoms with Crippen LogP contribution in [0.4, 0.5) is 5.69 Å². The van der Waals surface area contributed by atoms with Crippen molar-refractivity contribution in [2.45, 2.75) is 24.6 Å². The number of benzene rings is 1. The summed E-state index contributed by atoms with van der Waals surface area (Å²) in [5.41, 5.74) is 2.67. The Labute approximate surface area is 123 Å². The molecule has 0 amide bonds. The fourth-order valence-corrected chi connectivity index (χ4v) is 4.44. The molecule has 0 saturated carbocycles. The first-order valence-electron chi connectivity index (χ1n) is 6.26. The SMILES string of the molecule is CNCc1sc(S(=O)(=O)Nc2ccc(C)cc2)cc1C. The van der Waals surface area contributed by atoms with Crippen LogP contribution in [0.5, 0.6) is 0 Å². The second-order valence-electron chi connectivity index (χ2n) is 4.67. The summed E-state index contributed by atoms with van der Waals surface area (Å²) in [6, 6.07) is 9.01. The van der Waals surface area contributed by atoms with Crippen molar-refractivity contribution in [3.05, 3.63) is 46.3 Å². The molecule has 4 nitrogen and oxygen atoms in total. The summed E-state index contributed by atoms with van der Waals surface area (Å²) in [5, 5.41) is 3.04. The molecular formula is C14H18N2O2S2. The topological polar surface area (TPSA) is 58.2 Å². The molecule has 0 bridgehead atoms. The van der Waals surface area contributed by atoms with Gasteiger partial charge >= 0.3 is 0 Å². The minimum Gasteiger partial charge on any atom is -0.315 e. The molecule has 0 saturated heterocycles. The standard InChI is InChI=1S/C14H18N2O2S2/c1-10-4-6-12(7-5-10)16-20(17,18)14-8-11(2)13(19-14)9-15-3/h4-8,15-16H,9H2,1-3H3. The lowest BCUT2D eigenvalue weighted by atomic mass is 10.2. The van der Waals surface area contributed by atoms with Gasteiger partial charge in [0.25, 0.3) is 10.0 Å². The van der Waals surface area contributed by atoms with E-state index >= 15 is 0 Å². The monoisotopic (exact) mass is 310 g/mol. The van der Waals surface area contributed by atoms with Gasteiger partial charge in [0.15, 0.2) is 0 Å². The third-order valence-corrected chi connectivity index (χ3v) is 6.00. The van der Waals surface area contributed by atoms with Crippen LogP contribution < -0.4 is 10.0 Å². The summed E-state index contributed by atoms with van der Waals surface area (Å²) in [7, 11) is -1.66. The molecule has 0 aliphatic rings. The molecule has 1 aromatic heterocycles. The molecule has 0 aliphatic carbocycles. The van der Waals surface area contributed by atoms with Crippen molar-refractivity contribution in [3.63, 3.8) is 0 Å². The molecule has 1 aromatic carbocycles. The number of anilines is 1. The molecule has 20 heavy (non-hydrogen) atoms. The van der Waals surface area contributed by atoms with Gasteiger partial charge in [-0.15, -0.1) is 11.3 Å². The summed E-state index contributed by atoms with van der Waals surface area (Å²) in [6.45, 7) is 4.57. The van der Waals surface area contributed by atoms with E-state index in [1.807, 2.05) is 33.0 Å². The molecule has 1 heterocycles. The predicted molar refractivity (Wildman–Crippen MR) is 83.8 cm³/mol. The molecule has 2 N–H and O–H groups in total. The van der Waals surface area contributed by atoms with Crippen molar-refractivity contribution in [1.82, 2.24) is 5.32 Å². The van der Waals surface area contributed by atoms with Gasteiger partial charge in [0, 0.05) is 17.1 Å². The van der Waals surface area contributed by atoms with Gasteiger partial charge in [-0.2, -0.15) is 0 Å². The highest BCUT2D eigenvalue weighted by molar-refractivity contribution is 7.94. The van der Waals surface area contributed by atoms with Crippen LogP contribution in [0.25, 0.3) is 0 Å². The van der Waals surface area contributed by atoms with E-state index in [2.05, 4.69) is 10.0 Å². The van der Waals surface area contributed by atoms with Crippen molar-refractivity contribution in [2.75, 3.05) is 11.8 Å². The van der Waals surface area contributed by atoms with Gasteiger partial charge in [-0.1, -0.05) is 17.7 Å². The number of thiophene rings is 1. The highest BCUT2D eigenvalue weighted by Crippen LogP contribution is 2.27. The second-order valence-corrected chi connectivity index (χ2v) is 7.72. The van der Waals surface area contributed by atoms with Crippen LogP contribution in [-0.4, -0.2) is 15.5 Å². The summed E-state index contributed by atoms with van der Waals surface area (Å²) in [6.07, 6.45) is 0. The Balaban J connectivity index is 2.26. The van der Waals surface area contributed by atoms with E-state index in [0.29, 0.717) is 16.4 Å². The van der Waals surface area contributed by atoms with Gasteiger partial charge in [-0.05, 0) is 44.7 Å². The van der Waals surface area contributed by atoms with Crippen molar-refractivity contribution in [1.29, 1.82) is 0 Å². The first-order chi connectivity index (χ1) is 9.42. The van der Waals surface area contributed by atoms with Crippen LogP contribution >= 0.6 is 11.3 Å². The van der Waals surface area contributed by atoms with Crippen LogP contribution in [0.3, 0.4) is 0 Å². The quantitative estimate of drug-likeness (QED) is 0.893. The summed E-state index contributed by atoms with van der Waals surface area (Å²) in [5.74, 6) is 0. The minimum absolute atomic E-state index is 0.348. The fraction of sp³-hybridized carbons (Fsp3) is 0.286. The van der Waals surface area contributed by atoms with E-state index in [1.165, 1.54) is 11.3 Å². The van der Waals surface area contributed by atoms with Gasteiger partial charge in [-0.25, -0.2) is 8.42 Å². The van der Waals surface area contributed by atoms with E-state index in [0.717, 1.165) is 16.0 Å². The van der Waals surface area contributed by atoms with E-state index < -0.39 is 10.0 Å². The molecular weight excluding hydrogens is 292 g/mol. The lowest BCUT2D eigenvalue weighted by Gasteiger charge is -2.06. The van der Waals surface area contributed by atoms with Gasteiger partial charge in [0.1, 0.15) is 4.21 Å². The van der Waals surface area contributed by atoms with E-state index in [4.69, 9.17) is 0 Å². The van der Waals surface area contributed by atoms with Crippen LogP contribution in [-0.2, 0) is 16.6 Å². The zero-order valence-corrected chi connectivity index (χ0v) is 13.4. The molecule has 0 spiro atoms. The fourth-order valence-electron chi connectivity index (χ4n) is 1.78. The van der Waals surface area contributed by atoms with Crippen LogP contribution in [0, 0.1) is 13.8 Å². The Morgan fingerprint density at radius 2 is 1.80 bits per heavy atom. The number of sulfonamides is 1. The van der Waals surface area contributed by atoms with Gasteiger partial charge in [0.05, 0.1) is 0 Å². The molecule has 0 aliphatic heterocycles. The van der Waals surface area contributed by atoms with Crippen LogP contribution in [0.1, 0.15) is 16.0 Å². The Bertz CT molecular complexity index is 688. The Morgan fingerprint density at radius 3 is 2.40 bits per heavy atom. The smallest absolute Gasteiger partial charge is 0.271 e. The van der Waals surface area contributed by atoms with Gasteiger partial charge < -0.3 is 5.32 Å². The summed E-state index contributed by atoms with van der Waals surface area (Å²) < 4.78 is 27.6. The highest BCUT2D eigenvalue weighted by Gasteiger charge is 2.18. The van der Waals surface area contributed by atoms with Gasteiger partial charge in [0.2, 0.25) is 0 Å². The minimum atomic E-state index is -3.51. The zero-order chi connectivity index (χ0) is 14.8. The molecule has 108 valence electrons. The van der Waals surface area contributed by atoms with E-state index in [-0.39, 0.29) is 0 Å². The molecule has 0 atom stereocenters. The lowest BCUT2D eigenvalue weighted by molar-refractivity contribution is 0.603. The highest BCUT2D eigenvalue weighted by atomic mass is 32.2. The largest absolute Gasteiger partial charge is 0.315 e. The summed E-state index contributed by atoms with van der Waals surface area (Å²) in [4.78, 5) is 1.04. The Morgan fingerprint density at radius 1 is 1.15 bits per heavy atom. The maximum atomic E-state index is 12.3. The number of aryl methyl sites for hydroxylation is 2. The molecule has 2 aromatic rings. The van der Waals surface area contributed by atoms with Crippen molar-refractivity contribution >= 4 is 27.0 Å². The van der Waals surface area contributed by atoms with Crippen molar-refractivity contribution < 1.29 is 8.42 Å². The second kappa shape index (κ2) is 5.95. The van der Waals surface area contributed by atoms with E-state index in [9.17, 15) is 8.42 Å². The Hall–Kier alpha value is -1.37. The van der Waals surface area contributed by atoms with Crippen molar-refractivity contribution in [3.8, 4) is 0 Å². The third-order valence-electron chi connectivity index (χ3n) is 2.90. The average Bonchev–Trinajstić information content (AvgIpc) is 2.75. The predicted octanol–water partition coefficient (Wildman–Crippen LogP) is 2.89. The molecule has 2 rings (SSSR count). The average molecular weight is 310 g/mol. The van der Waals surface area contributed by atoms with Gasteiger partial charge in [-0.3, -0.25) is 4.72 Å². The maximum Gasteiger partial charge on any atom is 0.271 e. The molecule has 6 heteroatoms. The number of nitrogens with one attached hydrogen (secondary N) is 2. The van der Waals surface area contributed by atoms with E-state index in [1.54, 1.807) is 18.2 Å². The zero-order valence-electron chi connectivity index (χ0n) is 11.7. The normalized spacial score (nSPS) is 11.6. The van der Waals surface area contributed by atoms with Crippen LogP contribution in [0.15, 0.2) is 34.5 Å². The molecule has 0 radical (unpaired) electrons. The number of hydrogen-bond donors (Lipinski definition) is 2. The lowest BCUT2D eigenvalue weighted by Crippen LogP contribution is -2.11. The Kier molecular flexibility index (Phi) is 4.47. The summed E-state index contributed by atoms with van der Waals surface area (Å²) >= 11 is 1.30. The first-order valence-corrected chi connectivity index (χ1v) is 8.56. The molecule has 0 unspecified atom stereocenters. The van der Waals surface area contributed by atoms with Crippen molar-refractivity contribution in [2.24, 2.45) is 0 Å². The third kappa shape index (κ3) is 3.39. The molecule has 0 fully saturated rings.